The molecule has 0 aliphatic carbocycles. The molecule has 7 atom stereocenters. The highest BCUT2D eigenvalue weighted by molar-refractivity contribution is 5.67. The summed E-state index contributed by atoms with van der Waals surface area (Å²) in [5.41, 5.74) is 1.21. The van der Waals surface area contributed by atoms with Crippen LogP contribution in [-0.4, -0.2) is 35.0 Å². The molecule has 1 unspecified atom stereocenters. The molecule has 4 nitrogen and oxygen atoms in total. The van der Waals surface area contributed by atoms with Crippen LogP contribution in [0.25, 0.3) is 0 Å². The summed E-state index contributed by atoms with van der Waals surface area (Å²) in [6, 6.07) is 0. The van der Waals surface area contributed by atoms with Gasteiger partial charge in [-0.3, -0.25) is 4.79 Å². The molecule has 0 saturated carbocycles. The summed E-state index contributed by atoms with van der Waals surface area (Å²) >= 11 is 0. The van der Waals surface area contributed by atoms with Gasteiger partial charge in [0.15, 0.2) is 0 Å². The third-order valence-electron chi connectivity index (χ3n) is 6.38. The quantitative estimate of drug-likeness (QED) is 0.379. The number of hydrogen-bond acceptors (Lipinski definition) is 3. The molecule has 2 fully saturated rings. The van der Waals surface area contributed by atoms with E-state index in [4.69, 9.17) is 14.6 Å². The first-order valence-electron chi connectivity index (χ1n) is 11.1. The molecule has 0 aromatic heterocycles. The maximum Gasteiger partial charge on any atom is 0.305 e. The number of epoxide rings is 1. The van der Waals surface area contributed by atoms with Crippen molar-refractivity contribution in [2.45, 2.75) is 104 Å². The zero-order valence-corrected chi connectivity index (χ0v) is 18.6. The van der Waals surface area contributed by atoms with Gasteiger partial charge in [-0.2, -0.15) is 0 Å². The molecule has 2 heterocycles. The number of aliphatic carboxylic acids is 1. The molecule has 0 spiro atoms. The summed E-state index contributed by atoms with van der Waals surface area (Å²) in [6.07, 6.45) is 12.2. The van der Waals surface area contributed by atoms with Crippen molar-refractivity contribution in [2.24, 2.45) is 17.8 Å². The minimum Gasteiger partial charge on any atom is -0.481 e. The Bertz CT molecular complexity index is 581. The van der Waals surface area contributed by atoms with E-state index in [1.807, 2.05) is 0 Å². The Morgan fingerprint density at radius 1 is 1.32 bits per heavy atom. The van der Waals surface area contributed by atoms with Crippen LogP contribution in [0.5, 0.6) is 0 Å². The second-order valence-electron chi connectivity index (χ2n) is 9.43. The molecule has 2 aliphatic heterocycles. The predicted molar refractivity (Wildman–Crippen MR) is 113 cm³/mol. The van der Waals surface area contributed by atoms with E-state index in [2.05, 4.69) is 59.8 Å². The van der Waals surface area contributed by atoms with Crippen molar-refractivity contribution in [1.82, 2.24) is 0 Å². The highest BCUT2D eigenvalue weighted by Gasteiger charge is 2.54. The van der Waals surface area contributed by atoms with Crippen molar-refractivity contribution in [3.8, 4) is 0 Å². The molecular weight excluding hydrogens is 352 g/mol. The van der Waals surface area contributed by atoms with Gasteiger partial charge < -0.3 is 14.6 Å². The summed E-state index contributed by atoms with van der Waals surface area (Å²) in [7, 11) is 0. The zero-order valence-electron chi connectivity index (χ0n) is 18.6. The average molecular weight is 393 g/mol. The van der Waals surface area contributed by atoms with Crippen LogP contribution in [0.15, 0.2) is 23.8 Å². The summed E-state index contributed by atoms with van der Waals surface area (Å²) in [6.45, 7) is 13.3. The standard InChI is InChI=1S/C24H40O4/c1-7-9-19(5)23-24(6,28-23)15-16(2)10-8-11-17(3)22-18(4)12-13-20(27-22)14-21(25)26/h8,10-11,16,18-20,22-23H,7,9,12-15H2,1-6H3,(H,25,26)/b10-8+,17-11+/t16-,18+,19-,20-,22-,23-,24?/m1/s1. The van der Waals surface area contributed by atoms with Crippen LogP contribution in [0, 0.1) is 17.8 Å². The molecule has 28 heavy (non-hydrogen) atoms. The van der Waals surface area contributed by atoms with E-state index < -0.39 is 5.97 Å². The van der Waals surface area contributed by atoms with Gasteiger partial charge in [-0.05, 0) is 62.9 Å². The summed E-state index contributed by atoms with van der Waals surface area (Å²) in [5, 5.41) is 9.02. The normalized spacial score (nSPS) is 35.7. The first-order valence-corrected chi connectivity index (χ1v) is 11.1. The predicted octanol–water partition coefficient (Wildman–Crippen LogP) is 5.77. The third kappa shape index (κ3) is 6.45. The maximum atomic E-state index is 11.0. The number of ether oxygens (including phenoxy) is 2. The van der Waals surface area contributed by atoms with Crippen molar-refractivity contribution in [1.29, 1.82) is 0 Å². The first kappa shape index (κ1) is 23.2. The smallest absolute Gasteiger partial charge is 0.305 e. The van der Waals surface area contributed by atoms with Gasteiger partial charge in [-0.15, -0.1) is 0 Å². The van der Waals surface area contributed by atoms with Crippen molar-refractivity contribution in [3.63, 3.8) is 0 Å². The van der Waals surface area contributed by atoms with Gasteiger partial charge in [0, 0.05) is 0 Å². The maximum absolute atomic E-state index is 11.0. The van der Waals surface area contributed by atoms with E-state index in [1.165, 1.54) is 18.4 Å². The largest absolute Gasteiger partial charge is 0.481 e. The van der Waals surface area contributed by atoms with Gasteiger partial charge in [0.05, 0.1) is 30.3 Å². The van der Waals surface area contributed by atoms with Crippen LogP contribution in [0.2, 0.25) is 0 Å². The fourth-order valence-electron chi connectivity index (χ4n) is 4.85. The Morgan fingerprint density at radius 3 is 2.68 bits per heavy atom. The van der Waals surface area contributed by atoms with Crippen LogP contribution < -0.4 is 0 Å². The van der Waals surface area contributed by atoms with Gasteiger partial charge in [-0.25, -0.2) is 0 Å². The Hall–Kier alpha value is -1.13. The number of rotatable bonds is 10. The Kier molecular flexibility index (Phi) is 8.32. The van der Waals surface area contributed by atoms with E-state index in [1.54, 1.807) is 0 Å². The lowest BCUT2D eigenvalue weighted by atomic mass is 9.87. The molecule has 0 radical (unpaired) electrons. The highest BCUT2D eigenvalue weighted by Crippen LogP contribution is 2.46. The SMILES string of the molecule is CCC[C@@H](C)[C@H]1OC1(C)C[C@H](C)/C=C/C=C(\C)[C@H]1O[C@@H](CC(=O)O)CC[C@@H]1C. The minimum atomic E-state index is -0.781. The second kappa shape index (κ2) is 10.1. The lowest BCUT2D eigenvalue weighted by Crippen LogP contribution is -2.35. The van der Waals surface area contributed by atoms with Crippen LogP contribution in [0.1, 0.15) is 80.1 Å². The molecule has 0 amide bonds. The number of allylic oxidation sites excluding steroid dienone is 3. The van der Waals surface area contributed by atoms with Crippen molar-refractivity contribution in [2.75, 3.05) is 0 Å². The molecule has 4 heteroatoms. The summed E-state index contributed by atoms with van der Waals surface area (Å²) < 4.78 is 12.1. The molecule has 2 aliphatic rings. The van der Waals surface area contributed by atoms with E-state index >= 15 is 0 Å². The number of carboxylic acids is 1. The number of carbonyl (C=O) groups is 1. The number of hydrogen-bond donors (Lipinski definition) is 1. The molecule has 0 aromatic rings. The van der Waals surface area contributed by atoms with Gasteiger partial charge >= 0.3 is 5.97 Å². The molecule has 160 valence electrons. The number of carboxylic acid groups (broad SMARTS) is 1. The Balaban J connectivity index is 1.86. The molecule has 2 rings (SSSR count). The monoisotopic (exact) mass is 392 g/mol. The Labute approximate surface area is 171 Å². The fourth-order valence-corrected chi connectivity index (χ4v) is 4.85. The molecular formula is C24H40O4. The van der Waals surface area contributed by atoms with Gasteiger partial charge in [0.2, 0.25) is 0 Å². The summed E-state index contributed by atoms with van der Waals surface area (Å²) in [5.74, 6) is 0.733. The van der Waals surface area contributed by atoms with E-state index in [9.17, 15) is 4.79 Å². The van der Waals surface area contributed by atoms with Crippen LogP contribution in [-0.2, 0) is 14.3 Å². The van der Waals surface area contributed by atoms with Crippen molar-refractivity contribution in [3.05, 3.63) is 23.8 Å². The van der Waals surface area contributed by atoms with Crippen molar-refractivity contribution >= 4 is 5.97 Å². The lowest BCUT2D eigenvalue weighted by Gasteiger charge is -2.35. The van der Waals surface area contributed by atoms with Gasteiger partial charge in [-0.1, -0.05) is 52.3 Å². The lowest BCUT2D eigenvalue weighted by molar-refractivity contribution is -0.143. The molecule has 1 N–H and O–H groups in total. The first-order chi connectivity index (χ1) is 13.2. The Morgan fingerprint density at radius 2 is 2.04 bits per heavy atom. The topological polar surface area (TPSA) is 59.1 Å². The molecule has 0 aromatic carbocycles. The minimum absolute atomic E-state index is 0.0154. The van der Waals surface area contributed by atoms with Gasteiger partial charge in [0.1, 0.15) is 0 Å². The molecule has 2 saturated heterocycles. The van der Waals surface area contributed by atoms with Crippen molar-refractivity contribution < 1.29 is 19.4 Å². The van der Waals surface area contributed by atoms with Crippen LogP contribution >= 0.6 is 0 Å². The van der Waals surface area contributed by atoms with Gasteiger partial charge in [0.25, 0.3) is 0 Å². The van der Waals surface area contributed by atoms with E-state index in [0.717, 1.165) is 19.3 Å². The highest BCUT2D eigenvalue weighted by atomic mass is 16.6. The average Bonchev–Trinajstić information content (AvgIpc) is 3.27. The van der Waals surface area contributed by atoms with Crippen LogP contribution in [0.3, 0.4) is 0 Å². The van der Waals surface area contributed by atoms with Crippen LogP contribution in [0.4, 0.5) is 0 Å². The molecule has 0 bridgehead atoms. The fraction of sp³-hybridized carbons (Fsp3) is 0.792. The third-order valence-corrected chi connectivity index (χ3v) is 6.38. The second-order valence-corrected chi connectivity index (χ2v) is 9.43. The van der Waals surface area contributed by atoms with E-state index in [0.29, 0.717) is 23.9 Å². The zero-order chi connectivity index (χ0) is 20.9. The van der Waals surface area contributed by atoms with E-state index in [-0.39, 0.29) is 24.2 Å². The summed E-state index contributed by atoms with van der Waals surface area (Å²) in [4.78, 5) is 11.0.